The van der Waals surface area contributed by atoms with Crippen LogP contribution in [0.4, 0.5) is 11.4 Å². The van der Waals surface area contributed by atoms with Crippen molar-refractivity contribution in [1.29, 1.82) is 0 Å². The van der Waals surface area contributed by atoms with Gasteiger partial charge in [-0.05, 0) is 31.4 Å². The molecule has 0 radical (unpaired) electrons. The number of hydrogen-bond acceptors (Lipinski definition) is 6. The van der Waals surface area contributed by atoms with Crippen LogP contribution in [0.5, 0.6) is 0 Å². The van der Waals surface area contributed by atoms with Gasteiger partial charge >= 0.3 is 0 Å². The number of thioether (sulfide) groups is 1. The van der Waals surface area contributed by atoms with E-state index >= 15 is 0 Å². The summed E-state index contributed by atoms with van der Waals surface area (Å²) in [5.74, 6) is 1.81. The van der Waals surface area contributed by atoms with Gasteiger partial charge in [0.25, 0.3) is 5.69 Å². The average Bonchev–Trinajstić information content (AvgIpc) is 3.08. The number of nitro benzene ring substituents is 1. The number of unbranched alkanes of at least 4 members (excludes halogenated alkanes) is 1. The Balaban J connectivity index is 1.61. The van der Waals surface area contributed by atoms with Crippen molar-refractivity contribution in [2.45, 2.75) is 25.3 Å². The number of nitrogens with zero attached hydrogens (tertiary/aromatic N) is 2. The maximum absolute atomic E-state index is 12.0. The summed E-state index contributed by atoms with van der Waals surface area (Å²) in [6, 6.07) is 5.93. The van der Waals surface area contributed by atoms with Gasteiger partial charge in [-0.25, -0.2) is 0 Å². The second kappa shape index (κ2) is 8.73. The van der Waals surface area contributed by atoms with Gasteiger partial charge < -0.3 is 16.0 Å². The number of carbonyl (C=O) groups is 1. The molecule has 23 heavy (non-hydrogen) atoms. The maximum atomic E-state index is 12.0. The number of nitrogens with two attached hydrogens (primary N) is 1. The van der Waals surface area contributed by atoms with Crippen molar-refractivity contribution in [3.63, 3.8) is 0 Å². The second-order valence-corrected chi connectivity index (χ2v) is 6.55. The molecule has 1 unspecified atom stereocenters. The molecule has 0 spiro atoms. The minimum atomic E-state index is -0.416. The van der Waals surface area contributed by atoms with Gasteiger partial charge in [-0.1, -0.05) is 0 Å². The lowest BCUT2D eigenvalue weighted by molar-refractivity contribution is -0.384. The molecule has 1 atom stereocenters. The fourth-order valence-corrected chi connectivity index (χ4v) is 3.32. The molecule has 1 fully saturated rings. The van der Waals surface area contributed by atoms with Crippen LogP contribution in [0.25, 0.3) is 0 Å². The Morgan fingerprint density at radius 3 is 2.74 bits per heavy atom. The second-order valence-electron chi connectivity index (χ2n) is 5.47. The van der Waals surface area contributed by atoms with Gasteiger partial charge in [0.2, 0.25) is 5.91 Å². The van der Waals surface area contributed by atoms with Crippen molar-refractivity contribution >= 4 is 29.0 Å². The van der Waals surface area contributed by atoms with E-state index < -0.39 is 11.0 Å². The molecule has 1 aromatic rings. The van der Waals surface area contributed by atoms with Crippen molar-refractivity contribution in [3.05, 3.63) is 34.4 Å². The fraction of sp³-hybridized carbons (Fsp3) is 0.533. The van der Waals surface area contributed by atoms with E-state index in [1.165, 1.54) is 12.1 Å². The van der Waals surface area contributed by atoms with E-state index in [4.69, 9.17) is 5.73 Å². The predicted molar refractivity (Wildman–Crippen MR) is 92.5 cm³/mol. The Morgan fingerprint density at radius 1 is 1.39 bits per heavy atom. The molecule has 0 saturated carbocycles. The Hall–Kier alpha value is -1.80. The van der Waals surface area contributed by atoms with Gasteiger partial charge in [-0.3, -0.25) is 14.9 Å². The average molecular weight is 338 g/mol. The van der Waals surface area contributed by atoms with Crippen LogP contribution in [0.15, 0.2) is 24.3 Å². The molecular formula is C15H22N4O3S. The van der Waals surface area contributed by atoms with E-state index in [1.54, 1.807) is 23.9 Å². The highest BCUT2D eigenvalue weighted by atomic mass is 32.2. The van der Waals surface area contributed by atoms with Crippen LogP contribution in [0.1, 0.15) is 19.3 Å². The molecule has 1 aliphatic rings. The van der Waals surface area contributed by atoms with Gasteiger partial charge in [0, 0.05) is 36.7 Å². The lowest BCUT2D eigenvalue weighted by atomic mass is 10.1. The molecular weight excluding hydrogens is 316 g/mol. The van der Waals surface area contributed by atoms with Crippen LogP contribution < -0.4 is 11.1 Å². The SMILES string of the molecule is NC(CCCCNc1ccc([N+](=O)[O-])cc1)C(=O)N1CCSC1. The van der Waals surface area contributed by atoms with E-state index in [0.717, 1.165) is 43.2 Å². The van der Waals surface area contributed by atoms with Crippen LogP contribution in [0.3, 0.4) is 0 Å². The highest BCUT2D eigenvalue weighted by Gasteiger charge is 2.23. The van der Waals surface area contributed by atoms with Gasteiger partial charge in [0.05, 0.1) is 16.8 Å². The number of nitrogens with one attached hydrogen (secondary N) is 1. The maximum Gasteiger partial charge on any atom is 0.269 e. The van der Waals surface area contributed by atoms with E-state index in [-0.39, 0.29) is 11.6 Å². The van der Waals surface area contributed by atoms with Crippen molar-refractivity contribution < 1.29 is 9.72 Å². The molecule has 1 aliphatic heterocycles. The zero-order chi connectivity index (χ0) is 16.7. The van der Waals surface area contributed by atoms with Crippen LogP contribution >= 0.6 is 11.8 Å². The third kappa shape index (κ3) is 5.40. The zero-order valence-corrected chi connectivity index (χ0v) is 13.8. The number of hydrogen-bond donors (Lipinski definition) is 2. The summed E-state index contributed by atoms with van der Waals surface area (Å²) in [5, 5.41) is 13.8. The summed E-state index contributed by atoms with van der Waals surface area (Å²) >= 11 is 1.76. The number of amides is 1. The summed E-state index contributed by atoms with van der Waals surface area (Å²) in [6.07, 6.45) is 2.45. The Labute approximate surface area is 139 Å². The summed E-state index contributed by atoms with van der Waals surface area (Å²) in [7, 11) is 0. The standard InChI is InChI=1S/C15H22N4O3S/c16-14(15(20)18-9-10-23-11-18)3-1-2-8-17-12-4-6-13(7-5-12)19(21)22/h4-7,14,17H,1-3,8-11,16H2. The lowest BCUT2D eigenvalue weighted by Crippen LogP contribution is -2.42. The first-order chi connectivity index (χ1) is 11.1. The monoisotopic (exact) mass is 338 g/mol. The van der Waals surface area contributed by atoms with E-state index in [2.05, 4.69) is 5.32 Å². The lowest BCUT2D eigenvalue weighted by Gasteiger charge is -2.19. The van der Waals surface area contributed by atoms with Crippen molar-refractivity contribution in [2.24, 2.45) is 5.73 Å². The third-order valence-corrected chi connectivity index (χ3v) is 4.70. The number of non-ortho nitro benzene ring substituents is 1. The largest absolute Gasteiger partial charge is 0.385 e. The molecule has 0 aliphatic carbocycles. The predicted octanol–water partition coefficient (Wildman–Crippen LogP) is 2.04. The van der Waals surface area contributed by atoms with Gasteiger partial charge in [0.15, 0.2) is 0 Å². The molecule has 8 heteroatoms. The smallest absolute Gasteiger partial charge is 0.269 e. The van der Waals surface area contributed by atoms with Crippen molar-refractivity contribution in [2.75, 3.05) is 30.0 Å². The molecule has 0 aromatic heterocycles. The third-order valence-electron chi connectivity index (χ3n) is 3.73. The minimum absolute atomic E-state index is 0.0540. The van der Waals surface area contributed by atoms with Crippen LogP contribution in [0, 0.1) is 10.1 Å². The number of anilines is 1. The van der Waals surface area contributed by atoms with Gasteiger partial charge in [0.1, 0.15) is 0 Å². The molecule has 2 rings (SSSR count). The van der Waals surface area contributed by atoms with Crippen LogP contribution in [0.2, 0.25) is 0 Å². The topological polar surface area (TPSA) is 101 Å². The number of carbonyl (C=O) groups excluding carboxylic acids is 1. The van der Waals surface area contributed by atoms with Crippen LogP contribution in [-0.4, -0.2) is 46.5 Å². The summed E-state index contributed by atoms with van der Waals surface area (Å²) in [6.45, 7) is 1.55. The highest BCUT2D eigenvalue weighted by Crippen LogP contribution is 2.16. The normalized spacial score (nSPS) is 15.4. The molecule has 3 N–H and O–H groups in total. The quantitative estimate of drug-likeness (QED) is 0.427. The summed E-state index contributed by atoms with van der Waals surface area (Å²) in [5.41, 5.74) is 6.89. The molecule has 0 bridgehead atoms. The Morgan fingerprint density at radius 2 is 2.13 bits per heavy atom. The molecule has 1 heterocycles. The minimum Gasteiger partial charge on any atom is -0.385 e. The number of nitro groups is 1. The van der Waals surface area contributed by atoms with E-state index in [1.807, 2.05) is 4.90 Å². The number of benzene rings is 1. The summed E-state index contributed by atoms with van der Waals surface area (Å²) in [4.78, 5) is 24.0. The first kappa shape index (κ1) is 17.6. The molecule has 126 valence electrons. The van der Waals surface area contributed by atoms with Crippen LogP contribution in [-0.2, 0) is 4.79 Å². The zero-order valence-electron chi connectivity index (χ0n) is 12.9. The van der Waals surface area contributed by atoms with E-state index in [0.29, 0.717) is 6.42 Å². The summed E-state index contributed by atoms with van der Waals surface area (Å²) < 4.78 is 0. The molecule has 1 aromatic carbocycles. The highest BCUT2D eigenvalue weighted by molar-refractivity contribution is 7.99. The van der Waals surface area contributed by atoms with Crippen molar-refractivity contribution in [3.8, 4) is 0 Å². The number of rotatable bonds is 8. The fourth-order valence-electron chi connectivity index (χ4n) is 2.37. The molecule has 7 nitrogen and oxygen atoms in total. The first-order valence-corrected chi connectivity index (χ1v) is 8.84. The van der Waals surface area contributed by atoms with E-state index in [9.17, 15) is 14.9 Å². The first-order valence-electron chi connectivity index (χ1n) is 7.68. The Bertz CT molecular complexity index is 532. The molecule has 1 saturated heterocycles. The molecule has 1 amide bonds. The van der Waals surface area contributed by atoms with Gasteiger partial charge in [-0.2, -0.15) is 0 Å². The van der Waals surface area contributed by atoms with Crippen molar-refractivity contribution in [1.82, 2.24) is 4.90 Å². The Kier molecular flexibility index (Phi) is 6.66. The van der Waals surface area contributed by atoms with Gasteiger partial charge in [-0.15, -0.1) is 11.8 Å².